The van der Waals surface area contributed by atoms with Gasteiger partial charge in [0.1, 0.15) is 12.1 Å². The second kappa shape index (κ2) is 13.6. The molecule has 0 bridgehead atoms. The second-order valence-electron chi connectivity index (χ2n) is 9.25. The van der Waals surface area contributed by atoms with Crippen molar-refractivity contribution >= 4 is 44.3 Å². The first-order valence-electron chi connectivity index (χ1n) is 12.9. The van der Waals surface area contributed by atoms with Crippen LogP contribution >= 0.6 is 15.9 Å². The Morgan fingerprint density at radius 1 is 1.14 bits per heavy atom. The number of unbranched alkanes of at least 4 members (excludes halogenated alkanes) is 1. The van der Waals surface area contributed by atoms with Crippen molar-refractivity contribution in [3.8, 4) is 11.5 Å². The molecule has 0 saturated carbocycles. The van der Waals surface area contributed by atoms with Crippen LogP contribution in [0.15, 0.2) is 47.2 Å². The molecule has 3 aromatic rings. The lowest BCUT2D eigenvalue weighted by molar-refractivity contribution is -0.144. The van der Waals surface area contributed by atoms with Crippen LogP contribution in [0.25, 0.3) is 10.9 Å². The minimum atomic E-state index is -0.120. The third-order valence-electron chi connectivity index (χ3n) is 6.64. The number of carbonyl (C=O) groups excluding carboxylic acids is 1. The number of likely N-dealkylation sites (tertiary alicyclic amines) is 1. The number of nitrogens with one attached hydrogen (secondary N) is 1. The lowest BCUT2D eigenvalue weighted by Crippen LogP contribution is -2.38. The Morgan fingerprint density at radius 2 is 1.97 bits per heavy atom. The quantitative estimate of drug-likeness (QED) is 0.210. The van der Waals surface area contributed by atoms with E-state index in [4.69, 9.17) is 14.2 Å². The van der Waals surface area contributed by atoms with Crippen LogP contribution in [0.5, 0.6) is 11.5 Å². The molecule has 4 rings (SSSR count). The van der Waals surface area contributed by atoms with Crippen LogP contribution < -0.4 is 14.8 Å². The van der Waals surface area contributed by atoms with E-state index in [1.165, 1.54) is 6.42 Å². The number of anilines is 2. The molecule has 0 amide bonds. The van der Waals surface area contributed by atoms with Crippen molar-refractivity contribution in [1.29, 1.82) is 0 Å². The summed E-state index contributed by atoms with van der Waals surface area (Å²) in [5.74, 6) is 2.65. The van der Waals surface area contributed by atoms with E-state index >= 15 is 0 Å². The fraction of sp³-hybridized carbons (Fsp3) is 0.464. The van der Waals surface area contributed by atoms with Crippen molar-refractivity contribution in [3.05, 3.63) is 47.2 Å². The van der Waals surface area contributed by atoms with E-state index < -0.39 is 0 Å². The average molecular weight is 572 g/mol. The zero-order valence-electron chi connectivity index (χ0n) is 21.5. The predicted octanol–water partition coefficient (Wildman–Crippen LogP) is 5.97. The first-order chi connectivity index (χ1) is 18.1. The summed E-state index contributed by atoms with van der Waals surface area (Å²) in [4.78, 5) is 22.8. The summed E-state index contributed by atoms with van der Waals surface area (Å²) in [7, 11) is 1.65. The van der Waals surface area contributed by atoms with E-state index in [9.17, 15) is 4.79 Å². The van der Waals surface area contributed by atoms with Crippen LogP contribution in [-0.2, 0) is 9.53 Å². The number of piperidine rings is 1. The minimum Gasteiger partial charge on any atom is -0.493 e. The number of methoxy groups -OCH3 is 1. The fourth-order valence-electron chi connectivity index (χ4n) is 4.68. The molecule has 1 saturated heterocycles. The molecule has 37 heavy (non-hydrogen) atoms. The molecule has 2 aromatic carbocycles. The fourth-order valence-corrected chi connectivity index (χ4v) is 5.08. The summed E-state index contributed by atoms with van der Waals surface area (Å²) < 4.78 is 17.8. The number of rotatable bonds is 12. The monoisotopic (exact) mass is 570 g/mol. The second-order valence-corrected chi connectivity index (χ2v) is 10.2. The topological polar surface area (TPSA) is 85.8 Å². The van der Waals surface area contributed by atoms with Crippen molar-refractivity contribution < 1.29 is 19.0 Å². The highest BCUT2D eigenvalue weighted by molar-refractivity contribution is 9.10. The van der Waals surface area contributed by atoms with Gasteiger partial charge in [0.25, 0.3) is 0 Å². The number of nitrogens with zero attached hydrogens (tertiary/aromatic N) is 3. The van der Waals surface area contributed by atoms with Gasteiger partial charge in [0, 0.05) is 21.6 Å². The van der Waals surface area contributed by atoms with Gasteiger partial charge in [0.05, 0.1) is 32.4 Å². The lowest BCUT2D eigenvalue weighted by atomic mass is 9.91. The standard InChI is InChI=1S/C28H35BrN4O4/c1-3-36-27(34)18-33-12-10-20(11-13-33)7-4-5-14-37-26-17-24-23(16-25(26)35-2)28(31-19-30-24)32-22-9-6-8-21(29)15-22/h6,8-9,15-17,19-20H,3-5,7,10-14,18H2,1-2H3,(H,30,31,32). The number of carbonyl (C=O) groups is 1. The molecule has 1 N–H and O–H groups in total. The molecular weight excluding hydrogens is 536 g/mol. The van der Waals surface area contributed by atoms with Gasteiger partial charge in [-0.15, -0.1) is 0 Å². The van der Waals surface area contributed by atoms with Gasteiger partial charge in [0.15, 0.2) is 11.5 Å². The molecule has 1 aromatic heterocycles. The molecule has 8 nitrogen and oxygen atoms in total. The minimum absolute atomic E-state index is 0.120. The molecule has 9 heteroatoms. The van der Waals surface area contributed by atoms with E-state index in [2.05, 4.69) is 36.1 Å². The number of aromatic nitrogens is 2. The van der Waals surface area contributed by atoms with E-state index in [0.717, 1.165) is 59.8 Å². The van der Waals surface area contributed by atoms with Crippen molar-refractivity contribution in [2.24, 2.45) is 5.92 Å². The van der Waals surface area contributed by atoms with Crippen molar-refractivity contribution in [3.63, 3.8) is 0 Å². The molecule has 1 aliphatic rings. The highest BCUT2D eigenvalue weighted by atomic mass is 79.9. The van der Waals surface area contributed by atoms with Gasteiger partial charge >= 0.3 is 5.97 Å². The lowest BCUT2D eigenvalue weighted by Gasteiger charge is -2.31. The molecule has 0 aliphatic carbocycles. The van der Waals surface area contributed by atoms with Crippen molar-refractivity contribution in [2.75, 3.05) is 45.3 Å². The largest absolute Gasteiger partial charge is 0.493 e. The Bertz CT molecular complexity index is 1180. The third kappa shape index (κ3) is 7.79. The molecule has 1 aliphatic heterocycles. The van der Waals surface area contributed by atoms with E-state index in [1.807, 2.05) is 43.3 Å². The van der Waals surface area contributed by atoms with Gasteiger partial charge in [-0.05, 0) is 75.9 Å². The first kappa shape index (κ1) is 27.1. The van der Waals surface area contributed by atoms with Crippen molar-refractivity contribution in [1.82, 2.24) is 14.9 Å². The summed E-state index contributed by atoms with van der Waals surface area (Å²) in [6.45, 7) is 5.26. The third-order valence-corrected chi connectivity index (χ3v) is 7.13. The zero-order chi connectivity index (χ0) is 26.0. The Kier molecular flexibility index (Phi) is 9.96. The molecule has 0 atom stereocenters. The average Bonchev–Trinajstić information content (AvgIpc) is 2.89. The summed E-state index contributed by atoms with van der Waals surface area (Å²) >= 11 is 3.50. The number of benzene rings is 2. The first-order valence-corrected chi connectivity index (χ1v) is 13.7. The van der Waals surface area contributed by atoms with Gasteiger partial charge in [-0.1, -0.05) is 28.4 Å². The maximum Gasteiger partial charge on any atom is 0.320 e. The van der Waals surface area contributed by atoms with E-state index in [1.54, 1.807) is 13.4 Å². The van der Waals surface area contributed by atoms with Gasteiger partial charge in [-0.3, -0.25) is 9.69 Å². The van der Waals surface area contributed by atoms with Gasteiger partial charge in [-0.25, -0.2) is 9.97 Å². The van der Waals surface area contributed by atoms with Gasteiger partial charge < -0.3 is 19.5 Å². The normalized spacial score (nSPS) is 14.5. The van der Waals surface area contributed by atoms with Crippen molar-refractivity contribution in [2.45, 2.75) is 39.0 Å². The van der Waals surface area contributed by atoms with Crippen LogP contribution in [0.1, 0.15) is 39.0 Å². The molecule has 2 heterocycles. The number of ether oxygens (including phenoxy) is 3. The highest BCUT2D eigenvalue weighted by Crippen LogP contribution is 2.35. The number of fused-ring (bicyclic) bond motifs is 1. The predicted molar refractivity (Wildman–Crippen MR) is 149 cm³/mol. The molecule has 1 fully saturated rings. The van der Waals surface area contributed by atoms with Gasteiger partial charge in [0.2, 0.25) is 0 Å². The summed E-state index contributed by atoms with van der Waals surface area (Å²) in [6.07, 6.45) is 7.09. The SMILES string of the molecule is CCOC(=O)CN1CCC(CCCCOc2cc3ncnc(Nc4cccc(Br)c4)c3cc2OC)CC1. The van der Waals surface area contributed by atoms with Crippen LogP contribution in [-0.4, -0.2) is 60.8 Å². The number of hydrogen-bond donors (Lipinski definition) is 1. The number of hydrogen-bond acceptors (Lipinski definition) is 8. The Balaban J connectivity index is 1.27. The van der Waals surface area contributed by atoms with Crippen LogP contribution in [0.3, 0.4) is 0 Å². The summed E-state index contributed by atoms with van der Waals surface area (Å²) in [6, 6.07) is 11.8. The molecular formula is C28H35BrN4O4. The Morgan fingerprint density at radius 3 is 2.73 bits per heavy atom. The highest BCUT2D eigenvalue weighted by Gasteiger charge is 2.21. The smallest absolute Gasteiger partial charge is 0.320 e. The maximum absolute atomic E-state index is 11.7. The van der Waals surface area contributed by atoms with Crippen LogP contribution in [0, 0.1) is 5.92 Å². The number of halogens is 1. The zero-order valence-corrected chi connectivity index (χ0v) is 23.1. The summed E-state index contributed by atoms with van der Waals surface area (Å²) in [5.41, 5.74) is 1.72. The molecule has 0 spiro atoms. The van der Waals surface area contributed by atoms with Crippen LogP contribution in [0.4, 0.5) is 11.5 Å². The van der Waals surface area contributed by atoms with Gasteiger partial charge in [-0.2, -0.15) is 0 Å². The van der Waals surface area contributed by atoms with E-state index in [-0.39, 0.29) is 5.97 Å². The summed E-state index contributed by atoms with van der Waals surface area (Å²) in [5, 5.41) is 4.23. The molecule has 198 valence electrons. The Hall–Kier alpha value is -2.91. The maximum atomic E-state index is 11.7. The van der Waals surface area contributed by atoms with Crippen LogP contribution in [0.2, 0.25) is 0 Å². The molecule has 0 radical (unpaired) electrons. The Labute approximate surface area is 226 Å². The van der Waals surface area contributed by atoms with E-state index in [0.29, 0.717) is 43.0 Å². The number of esters is 1. The molecule has 0 unspecified atom stereocenters.